The zero-order valence-electron chi connectivity index (χ0n) is 18.4. The van der Waals surface area contributed by atoms with Crippen LogP contribution in [0, 0.1) is 0 Å². The van der Waals surface area contributed by atoms with Crippen molar-refractivity contribution in [3.63, 3.8) is 0 Å². The number of hydrogen-bond acceptors (Lipinski definition) is 3. The molecule has 1 unspecified atom stereocenters. The standard InChI is InChI=1S/C27H27N3O2/c1-3-19-12-8-10-16-22(19)29-27(32)23(4-2)30-24-17-11-9-15-21(24)26(28-18-25(30)31)20-13-6-5-7-14-20/h5-17,23H,3-4,18H2,1-2H3,(H,29,32). The molecule has 32 heavy (non-hydrogen) atoms. The van der Waals surface area contributed by atoms with Gasteiger partial charge in [-0.3, -0.25) is 19.5 Å². The van der Waals surface area contributed by atoms with Crippen LogP contribution in [0.2, 0.25) is 0 Å². The number of nitrogens with one attached hydrogen (secondary N) is 1. The zero-order valence-corrected chi connectivity index (χ0v) is 18.4. The average Bonchev–Trinajstić information content (AvgIpc) is 2.97. The van der Waals surface area contributed by atoms with Crippen molar-refractivity contribution in [1.29, 1.82) is 0 Å². The van der Waals surface area contributed by atoms with Gasteiger partial charge in [-0.15, -0.1) is 0 Å². The molecule has 0 bridgehead atoms. The quantitative estimate of drug-likeness (QED) is 0.614. The minimum absolute atomic E-state index is 0.00572. The van der Waals surface area contributed by atoms with E-state index < -0.39 is 6.04 Å². The number of rotatable bonds is 6. The van der Waals surface area contributed by atoms with E-state index in [0.29, 0.717) is 12.1 Å². The zero-order chi connectivity index (χ0) is 22.5. The number of aryl methyl sites for hydroxylation is 1. The van der Waals surface area contributed by atoms with Gasteiger partial charge in [-0.2, -0.15) is 0 Å². The van der Waals surface area contributed by atoms with Gasteiger partial charge in [0.15, 0.2) is 0 Å². The Bertz CT molecular complexity index is 1150. The first-order chi connectivity index (χ1) is 15.6. The lowest BCUT2D eigenvalue weighted by atomic mass is 9.99. The van der Waals surface area contributed by atoms with Gasteiger partial charge in [0.2, 0.25) is 11.8 Å². The van der Waals surface area contributed by atoms with Crippen molar-refractivity contribution >= 4 is 28.9 Å². The molecule has 1 aliphatic heterocycles. The first-order valence-corrected chi connectivity index (χ1v) is 11.0. The van der Waals surface area contributed by atoms with Crippen molar-refractivity contribution in [2.75, 3.05) is 16.8 Å². The third-order valence-corrected chi connectivity index (χ3v) is 5.76. The summed E-state index contributed by atoms with van der Waals surface area (Å²) in [5, 5.41) is 3.05. The Morgan fingerprint density at radius 3 is 2.41 bits per heavy atom. The lowest BCUT2D eigenvalue weighted by Gasteiger charge is -2.30. The number of fused-ring (bicyclic) bond motifs is 1. The molecule has 3 aromatic rings. The van der Waals surface area contributed by atoms with Crippen LogP contribution in [0.15, 0.2) is 83.9 Å². The summed E-state index contributed by atoms with van der Waals surface area (Å²) < 4.78 is 0. The smallest absolute Gasteiger partial charge is 0.249 e. The third-order valence-electron chi connectivity index (χ3n) is 5.76. The third kappa shape index (κ3) is 4.19. The molecule has 0 fully saturated rings. The minimum atomic E-state index is -0.640. The summed E-state index contributed by atoms with van der Waals surface area (Å²) in [6, 6.07) is 24.7. The molecule has 0 spiro atoms. The van der Waals surface area contributed by atoms with Crippen molar-refractivity contribution < 1.29 is 9.59 Å². The Morgan fingerprint density at radius 2 is 1.66 bits per heavy atom. The Balaban J connectivity index is 1.72. The van der Waals surface area contributed by atoms with Crippen molar-refractivity contribution in [3.05, 3.63) is 95.6 Å². The summed E-state index contributed by atoms with van der Waals surface area (Å²) in [4.78, 5) is 32.9. The molecular weight excluding hydrogens is 398 g/mol. The number of benzodiazepines with no additional fused rings is 1. The molecule has 3 aromatic carbocycles. The van der Waals surface area contributed by atoms with Crippen molar-refractivity contribution in [2.24, 2.45) is 4.99 Å². The summed E-state index contributed by atoms with van der Waals surface area (Å²) in [5.74, 6) is -0.381. The van der Waals surface area contributed by atoms with Crippen molar-refractivity contribution in [3.8, 4) is 0 Å². The van der Waals surface area contributed by atoms with Gasteiger partial charge in [0.25, 0.3) is 0 Å². The maximum absolute atomic E-state index is 13.4. The molecular formula is C27H27N3O2. The number of para-hydroxylation sites is 2. The second-order valence-corrected chi connectivity index (χ2v) is 7.74. The molecule has 0 radical (unpaired) electrons. The van der Waals surface area contributed by atoms with Gasteiger partial charge in [0, 0.05) is 16.8 Å². The van der Waals surface area contributed by atoms with Crippen LogP contribution >= 0.6 is 0 Å². The lowest BCUT2D eigenvalue weighted by Crippen LogP contribution is -2.48. The number of carbonyl (C=O) groups is 2. The number of anilines is 2. The van der Waals surface area contributed by atoms with E-state index in [-0.39, 0.29) is 18.4 Å². The fourth-order valence-corrected chi connectivity index (χ4v) is 4.16. The maximum atomic E-state index is 13.4. The van der Waals surface area contributed by atoms with Gasteiger partial charge < -0.3 is 5.32 Å². The Labute approximate surface area is 188 Å². The second-order valence-electron chi connectivity index (χ2n) is 7.74. The van der Waals surface area contributed by atoms with Gasteiger partial charge in [0.05, 0.1) is 11.4 Å². The lowest BCUT2D eigenvalue weighted by molar-refractivity contribution is -0.123. The molecule has 0 saturated carbocycles. The number of nitrogens with zero attached hydrogens (tertiary/aromatic N) is 2. The SMILES string of the molecule is CCc1ccccc1NC(=O)C(CC)N1C(=O)CN=C(c2ccccc2)c2ccccc21. The molecule has 0 aliphatic carbocycles. The summed E-state index contributed by atoms with van der Waals surface area (Å²) in [5.41, 5.74) is 5.13. The molecule has 5 nitrogen and oxygen atoms in total. The number of benzene rings is 3. The molecule has 0 saturated heterocycles. The van der Waals surface area contributed by atoms with Crippen LogP contribution in [0.5, 0.6) is 0 Å². The molecule has 1 aliphatic rings. The van der Waals surface area contributed by atoms with Crippen LogP contribution in [-0.4, -0.2) is 30.1 Å². The summed E-state index contributed by atoms with van der Waals surface area (Å²) in [6.07, 6.45) is 1.30. The number of hydrogen-bond donors (Lipinski definition) is 1. The van der Waals surface area contributed by atoms with E-state index in [1.165, 1.54) is 0 Å². The fourth-order valence-electron chi connectivity index (χ4n) is 4.16. The molecule has 5 heteroatoms. The highest BCUT2D eigenvalue weighted by atomic mass is 16.2. The van der Waals surface area contributed by atoms with Crippen LogP contribution in [0.25, 0.3) is 0 Å². The topological polar surface area (TPSA) is 61.8 Å². The first-order valence-electron chi connectivity index (χ1n) is 11.0. The largest absolute Gasteiger partial charge is 0.324 e. The first kappa shape index (κ1) is 21.5. The molecule has 1 atom stereocenters. The van der Waals surface area contributed by atoms with Gasteiger partial charge in [-0.05, 0) is 30.5 Å². The summed E-state index contributed by atoms with van der Waals surface area (Å²) >= 11 is 0. The van der Waals surface area contributed by atoms with Gasteiger partial charge in [-0.1, -0.05) is 80.6 Å². The predicted octanol–water partition coefficient (Wildman–Crippen LogP) is 4.85. The van der Waals surface area contributed by atoms with E-state index in [4.69, 9.17) is 0 Å². The number of carbonyl (C=O) groups excluding carboxylic acids is 2. The molecule has 162 valence electrons. The van der Waals surface area contributed by atoms with E-state index >= 15 is 0 Å². The van der Waals surface area contributed by atoms with Crippen LogP contribution in [-0.2, 0) is 16.0 Å². The summed E-state index contributed by atoms with van der Waals surface area (Å²) in [6.45, 7) is 3.98. The minimum Gasteiger partial charge on any atom is -0.324 e. The van der Waals surface area contributed by atoms with Gasteiger partial charge >= 0.3 is 0 Å². The van der Waals surface area contributed by atoms with Crippen LogP contribution < -0.4 is 10.2 Å². The molecule has 2 amide bonds. The average molecular weight is 426 g/mol. The Morgan fingerprint density at radius 1 is 0.969 bits per heavy atom. The fraction of sp³-hybridized carbons (Fsp3) is 0.222. The Kier molecular flexibility index (Phi) is 6.45. The highest BCUT2D eigenvalue weighted by Crippen LogP contribution is 2.30. The normalized spacial score (nSPS) is 14.2. The predicted molar refractivity (Wildman–Crippen MR) is 129 cm³/mol. The van der Waals surface area contributed by atoms with Crippen molar-refractivity contribution in [1.82, 2.24) is 0 Å². The van der Waals surface area contributed by atoms with E-state index in [1.807, 2.05) is 85.8 Å². The van der Waals surface area contributed by atoms with Crippen molar-refractivity contribution in [2.45, 2.75) is 32.7 Å². The number of amides is 2. The van der Waals surface area contributed by atoms with E-state index in [2.05, 4.69) is 17.2 Å². The van der Waals surface area contributed by atoms with Crippen LogP contribution in [0.1, 0.15) is 37.0 Å². The van der Waals surface area contributed by atoms with E-state index in [0.717, 1.165) is 34.5 Å². The van der Waals surface area contributed by atoms with E-state index in [1.54, 1.807) is 4.90 Å². The van der Waals surface area contributed by atoms with Crippen LogP contribution in [0.3, 0.4) is 0 Å². The molecule has 0 aromatic heterocycles. The maximum Gasteiger partial charge on any atom is 0.249 e. The monoisotopic (exact) mass is 425 g/mol. The second kappa shape index (κ2) is 9.60. The highest BCUT2D eigenvalue weighted by Gasteiger charge is 2.33. The summed E-state index contributed by atoms with van der Waals surface area (Å²) in [7, 11) is 0. The Hall–Kier alpha value is -3.73. The molecule has 4 rings (SSSR count). The van der Waals surface area contributed by atoms with E-state index in [9.17, 15) is 9.59 Å². The van der Waals surface area contributed by atoms with Crippen LogP contribution in [0.4, 0.5) is 11.4 Å². The van der Waals surface area contributed by atoms with Gasteiger partial charge in [0.1, 0.15) is 12.6 Å². The number of aliphatic imine (C=N–C) groups is 1. The van der Waals surface area contributed by atoms with Gasteiger partial charge in [-0.25, -0.2) is 0 Å². The molecule has 1 N–H and O–H groups in total. The highest BCUT2D eigenvalue weighted by molar-refractivity contribution is 6.20. The molecule has 1 heterocycles.